The summed E-state index contributed by atoms with van der Waals surface area (Å²) in [5.41, 5.74) is 9.88. The Morgan fingerprint density at radius 1 is 1.37 bits per heavy atom. The molecule has 2 aromatic rings. The Kier molecular flexibility index (Phi) is 3.05. The molecular weight excluding hydrogens is 234 g/mol. The van der Waals surface area contributed by atoms with E-state index in [1.54, 1.807) is 0 Å². The summed E-state index contributed by atoms with van der Waals surface area (Å²) in [7, 11) is 0. The summed E-state index contributed by atoms with van der Waals surface area (Å²) in [6, 6.07) is 8.02. The summed E-state index contributed by atoms with van der Waals surface area (Å²) in [6.07, 6.45) is 2.79. The van der Waals surface area contributed by atoms with Gasteiger partial charge in [-0.3, -0.25) is 4.98 Å². The van der Waals surface area contributed by atoms with E-state index in [0.717, 1.165) is 46.4 Å². The number of nitrogens with one attached hydrogen (secondary N) is 1. The lowest BCUT2D eigenvalue weighted by Crippen LogP contribution is -2.13. The zero-order valence-electron chi connectivity index (χ0n) is 11.6. The van der Waals surface area contributed by atoms with Gasteiger partial charge in [-0.05, 0) is 55.9 Å². The van der Waals surface area contributed by atoms with Crippen molar-refractivity contribution >= 4 is 22.3 Å². The van der Waals surface area contributed by atoms with Gasteiger partial charge in [-0.25, -0.2) is 0 Å². The standard InChI is InChI=1S/C16H21N3/c1-10(12-3-4-12)9-18-16-7-11(2)19-15-6-5-13(17)8-14(15)16/h5-8,10,12H,3-4,9,17H2,1-2H3,(H,18,19). The highest BCUT2D eigenvalue weighted by Gasteiger charge is 2.27. The number of benzene rings is 1. The summed E-state index contributed by atoms with van der Waals surface area (Å²) < 4.78 is 0. The number of nitrogens with two attached hydrogens (primary N) is 1. The minimum Gasteiger partial charge on any atom is -0.399 e. The molecule has 1 unspecified atom stereocenters. The second-order valence-corrected chi connectivity index (χ2v) is 5.78. The predicted octanol–water partition coefficient (Wildman–Crippen LogP) is 3.58. The molecular formula is C16H21N3. The molecule has 0 radical (unpaired) electrons. The topological polar surface area (TPSA) is 50.9 Å². The first-order valence-electron chi connectivity index (χ1n) is 7.04. The number of anilines is 2. The smallest absolute Gasteiger partial charge is 0.0727 e. The number of rotatable bonds is 4. The Bertz CT molecular complexity index is 602. The van der Waals surface area contributed by atoms with Crippen LogP contribution in [0, 0.1) is 18.8 Å². The first-order valence-corrected chi connectivity index (χ1v) is 7.04. The highest BCUT2D eigenvalue weighted by atomic mass is 14.9. The van der Waals surface area contributed by atoms with Crippen molar-refractivity contribution in [2.45, 2.75) is 26.7 Å². The Hall–Kier alpha value is -1.77. The molecule has 1 aromatic carbocycles. The summed E-state index contributed by atoms with van der Waals surface area (Å²) in [4.78, 5) is 4.56. The Labute approximate surface area is 114 Å². The van der Waals surface area contributed by atoms with Gasteiger partial charge in [-0.1, -0.05) is 6.92 Å². The highest BCUT2D eigenvalue weighted by molar-refractivity contribution is 5.93. The normalized spacial score (nSPS) is 16.5. The molecule has 3 nitrogen and oxygen atoms in total. The predicted molar refractivity (Wildman–Crippen MR) is 81.3 cm³/mol. The van der Waals surface area contributed by atoms with Crippen LogP contribution < -0.4 is 11.1 Å². The molecule has 19 heavy (non-hydrogen) atoms. The zero-order chi connectivity index (χ0) is 13.4. The van der Waals surface area contributed by atoms with E-state index in [9.17, 15) is 0 Å². The van der Waals surface area contributed by atoms with Crippen LogP contribution in [0.5, 0.6) is 0 Å². The molecule has 100 valence electrons. The first kappa shape index (κ1) is 12.3. The summed E-state index contributed by atoms with van der Waals surface area (Å²) in [5, 5.41) is 4.70. The van der Waals surface area contributed by atoms with Gasteiger partial charge in [0.1, 0.15) is 0 Å². The second-order valence-electron chi connectivity index (χ2n) is 5.78. The molecule has 0 saturated heterocycles. The van der Waals surface area contributed by atoms with Gasteiger partial charge in [0.05, 0.1) is 5.52 Å². The SMILES string of the molecule is Cc1cc(NCC(C)C2CC2)c2cc(N)ccc2n1. The Balaban J connectivity index is 1.89. The van der Waals surface area contributed by atoms with E-state index < -0.39 is 0 Å². The van der Waals surface area contributed by atoms with Gasteiger partial charge >= 0.3 is 0 Å². The van der Waals surface area contributed by atoms with Crippen LogP contribution in [-0.4, -0.2) is 11.5 Å². The number of nitrogens with zero attached hydrogens (tertiary/aromatic N) is 1. The van der Waals surface area contributed by atoms with Gasteiger partial charge in [0.2, 0.25) is 0 Å². The van der Waals surface area contributed by atoms with Gasteiger partial charge < -0.3 is 11.1 Å². The Morgan fingerprint density at radius 2 is 2.16 bits per heavy atom. The molecule has 1 atom stereocenters. The van der Waals surface area contributed by atoms with E-state index >= 15 is 0 Å². The average molecular weight is 255 g/mol. The minimum atomic E-state index is 0.740. The van der Waals surface area contributed by atoms with E-state index in [1.807, 2.05) is 25.1 Å². The zero-order valence-corrected chi connectivity index (χ0v) is 11.6. The second kappa shape index (κ2) is 4.72. The molecule has 1 heterocycles. The third kappa shape index (κ3) is 2.65. The number of fused-ring (bicyclic) bond motifs is 1. The maximum atomic E-state index is 5.89. The van der Waals surface area contributed by atoms with Crippen molar-refractivity contribution in [3.63, 3.8) is 0 Å². The highest BCUT2D eigenvalue weighted by Crippen LogP contribution is 2.36. The van der Waals surface area contributed by atoms with Crippen LogP contribution in [0.15, 0.2) is 24.3 Å². The molecule has 0 amide bonds. The first-order chi connectivity index (χ1) is 9.13. The molecule has 1 saturated carbocycles. The largest absolute Gasteiger partial charge is 0.399 e. The summed E-state index contributed by atoms with van der Waals surface area (Å²) in [6.45, 7) is 5.39. The van der Waals surface area contributed by atoms with Crippen LogP contribution >= 0.6 is 0 Å². The van der Waals surface area contributed by atoms with Crippen LogP contribution in [0.2, 0.25) is 0 Å². The Morgan fingerprint density at radius 3 is 2.89 bits per heavy atom. The fraction of sp³-hybridized carbons (Fsp3) is 0.438. The van der Waals surface area contributed by atoms with E-state index in [1.165, 1.54) is 12.8 Å². The molecule has 3 rings (SSSR count). The molecule has 1 aliphatic rings. The number of pyridine rings is 1. The maximum Gasteiger partial charge on any atom is 0.0727 e. The van der Waals surface area contributed by atoms with Crippen molar-refractivity contribution in [2.24, 2.45) is 11.8 Å². The molecule has 1 aromatic heterocycles. The fourth-order valence-corrected chi connectivity index (χ4v) is 2.62. The van der Waals surface area contributed by atoms with Gasteiger partial charge in [-0.15, -0.1) is 0 Å². The minimum absolute atomic E-state index is 0.740. The van der Waals surface area contributed by atoms with Crippen molar-refractivity contribution in [3.8, 4) is 0 Å². The van der Waals surface area contributed by atoms with Gasteiger partial charge in [0.25, 0.3) is 0 Å². The third-order valence-corrected chi connectivity index (χ3v) is 4.00. The third-order valence-electron chi connectivity index (χ3n) is 4.00. The lowest BCUT2D eigenvalue weighted by molar-refractivity contribution is 0.537. The van der Waals surface area contributed by atoms with Crippen LogP contribution in [0.3, 0.4) is 0 Å². The number of aryl methyl sites for hydroxylation is 1. The van der Waals surface area contributed by atoms with Crippen LogP contribution in [-0.2, 0) is 0 Å². The molecule has 1 fully saturated rings. The quantitative estimate of drug-likeness (QED) is 0.821. The molecule has 3 heteroatoms. The fourth-order valence-electron chi connectivity index (χ4n) is 2.62. The molecule has 3 N–H and O–H groups in total. The monoisotopic (exact) mass is 255 g/mol. The van der Waals surface area contributed by atoms with E-state index in [-0.39, 0.29) is 0 Å². The van der Waals surface area contributed by atoms with E-state index in [2.05, 4.69) is 23.3 Å². The molecule has 1 aliphatic carbocycles. The van der Waals surface area contributed by atoms with Crippen LogP contribution in [0.4, 0.5) is 11.4 Å². The summed E-state index contributed by atoms with van der Waals surface area (Å²) in [5.74, 6) is 1.66. The lowest BCUT2D eigenvalue weighted by atomic mass is 10.1. The van der Waals surface area contributed by atoms with Gasteiger partial charge in [-0.2, -0.15) is 0 Å². The van der Waals surface area contributed by atoms with Crippen molar-refractivity contribution in [1.29, 1.82) is 0 Å². The molecule has 0 spiro atoms. The van der Waals surface area contributed by atoms with Crippen molar-refractivity contribution < 1.29 is 0 Å². The summed E-state index contributed by atoms with van der Waals surface area (Å²) >= 11 is 0. The average Bonchev–Trinajstić information content (AvgIpc) is 3.20. The van der Waals surface area contributed by atoms with E-state index in [0.29, 0.717) is 0 Å². The van der Waals surface area contributed by atoms with E-state index in [4.69, 9.17) is 5.73 Å². The van der Waals surface area contributed by atoms with Crippen LogP contribution in [0.25, 0.3) is 10.9 Å². The van der Waals surface area contributed by atoms with Crippen molar-refractivity contribution in [1.82, 2.24) is 4.98 Å². The number of hydrogen-bond acceptors (Lipinski definition) is 3. The van der Waals surface area contributed by atoms with Gasteiger partial charge in [0, 0.05) is 29.0 Å². The maximum absolute atomic E-state index is 5.89. The number of hydrogen-bond donors (Lipinski definition) is 2. The van der Waals surface area contributed by atoms with Gasteiger partial charge in [0.15, 0.2) is 0 Å². The molecule has 0 bridgehead atoms. The number of nitrogen functional groups attached to an aromatic ring is 1. The van der Waals surface area contributed by atoms with Crippen molar-refractivity contribution in [2.75, 3.05) is 17.6 Å². The van der Waals surface area contributed by atoms with Crippen molar-refractivity contribution in [3.05, 3.63) is 30.0 Å². The lowest BCUT2D eigenvalue weighted by Gasteiger charge is -2.15. The molecule has 0 aliphatic heterocycles. The number of aromatic nitrogens is 1. The van der Waals surface area contributed by atoms with Crippen LogP contribution in [0.1, 0.15) is 25.5 Å².